The van der Waals surface area contributed by atoms with Gasteiger partial charge in [-0.2, -0.15) is 0 Å². The van der Waals surface area contributed by atoms with Crippen molar-refractivity contribution in [2.75, 3.05) is 0 Å². The topological polar surface area (TPSA) is 56.2 Å². The van der Waals surface area contributed by atoms with Crippen LogP contribution in [0.2, 0.25) is 5.02 Å². The molecular formula is C16H17ClN4OS. The van der Waals surface area contributed by atoms with Crippen molar-refractivity contribution in [1.82, 2.24) is 19.6 Å². The number of imidazole rings is 1. The number of aromatic nitrogens is 4. The van der Waals surface area contributed by atoms with Gasteiger partial charge in [0.15, 0.2) is 0 Å². The molecule has 4 rings (SSSR count). The summed E-state index contributed by atoms with van der Waals surface area (Å²) < 4.78 is 7.75. The van der Waals surface area contributed by atoms with Gasteiger partial charge in [-0.3, -0.25) is 0 Å². The van der Waals surface area contributed by atoms with E-state index < -0.39 is 0 Å². The maximum absolute atomic E-state index is 5.99. The number of hydrogen-bond acceptors (Lipinski definition) is 5. The molecule has 0 saturated heterocycles. The highest BCUT2D eigenvalue weighted by Gasteiger charge is 2.21. The van der Waals surface area contributed by atoms with E-state index in [1.54, 1.807) is 0 Å². The molecule has 0 spiro atoms. The summed E-state index contributed by atoms with van der Waals surface area (Å²) in [5.41, 5.74) is 1.85. The first-order chi connectivity index (χ1) is 11.3. The summed E-state index contributed by atoms with van der Waals surface area (Å²) in [7, 11) is 0. The molecule has 0 aliphatic heterocycles. The average Bonchev–Trinajstić information content (AvgIpc) is 3.20. The number of fused-ring (bicyclic) bond motifs is 1. The number of halogens is 1. The molecule has 1 saturated carbocycles. The molecule has 3 aromatic rings. The van der Waals surface area contributed by atoms with Gasteiger partial charge < -0.3 is 8.82 Å². The van der Waals surface area contributed by atoms with Crippen LogP contribution >= 0.6 is 23.4 Å². The fourth-order valence-corrected chi connectivity index (χ4v) is 3.84. The van der Waals surface area contributed by atoms with Crippen LogP contribution < -0.4 is 0 Å². The number of pyridine rings is 1. The lowest BCUT2D eigenvalue weighted by atomic mass is 9.89. The van der Waals surface area contributed by atoms with Gasteiger partial charge >= 0.3 is 0 Å². The van der Waals surface area contributed by atoms with Gasteiger partial charge in [0.25, 0.3) is 5.22 Å². The van der Waals surface area contributed by atoms with Crippen LogP contribution in [0.4, 0.5) is 0 Å². The largest absolute Gasteiger partial charge is 0.416 e. The zero-order chi connectivity index (χ0) is 15.6. The lowest BCUT2D eigenvalue weighted by Crippen LogP contribution is -2.04. The molecule has 23 heavy (non-hydrogen) atoms. The normalized spacial score (nSPS) is 16.2. The predicted molar refractivity (Wildman–Crippen MR) is 89.9 cm³/mol. The number of rotatable bonds is 4. The summed E-state index contributed by atoms with van der Waals surface area (Å²) in [5.74, 6) is 1.95. The molecule has 0 N–H and O–H groups in total. The van der Waals surface area contributed by atoms with Crippen LogP contribution in [0.3, 0.4) is 0 Å². The van der Waals surface area contributed by atoms with Crippen molar-refractivity contribution in [3.8, 4) is 0 Å². The van der Waals surface area contributed by atoms with E-state index in [0.717, 1.165) is 17.2 Å². The van der Waals surface area contributed by atoms with E-state index in [4.69, 9.17) is 16.0 Å². The summed E-state index contributed by atoms with van der Waals surface area (Å²) in [6, 6.07) is 3.75. The minimum atomic E-state index is 0.447. The SMILES string of the molecule is Clc1ccc2nc(CSc3nnc(C4CCCCC4)o3)cn2c1. The van der Waals surface area contributed by atoms with E-state index in [1.165, 1.54) is 43.9 Å². The number of thioether (sulfide) groups is 1. The fourth-order valence-electron chi connectivity index (χ4n) is 3.02. The Morgan fingerprint density at radius 2 is 2.04 bits per heavy atom. The van der Waals surface area contributed by atoms with Crippen LogP contribution in [-0.4, -0.2) is 19.6 Å². The first-order valence-corrected chi connectivity index (χ1v) is 9.23. The minimum absolute atomic E-state index is 0.447. The molecule has 1 aliphatic rings. The maximum Gasteiger partial charge on any atom is 0.276 e. The van der Waals surface area contributed by atoms with Crippen molar-refractivity contribution in [1.29, 1.82) is 0 Å². The van der Waals surface area contributed by atoms with Gasteiger partial charge in [0.2, 0.25) is 5.89 Å². The highest BCUT2D eigenvalue weighted by molar-refractivity contribution is 7.98. The Labute approximate surface area is 143 Å². The molecule has 0 bridgehead atoms. The summed E-state index contributed by atoms with van der Waals surface area (Å²) in [5, 5.41) is 9.71. The molecule has 3 heterocycles. The zero-order valence-electron chi connectivity index (χ0n) is 12.6. The molecule has 0 amide bonds. The molecule has 1 fully saturated rings. The van der Waals surface area contributed by atoms with Gasteiger partial charge in [0.1, 0.15) is 5.65 Å². The lowest BCUT2D eigenvalue weighted by molar-refractivity contribution is 0.334. The van der Waals surface area contributed by atoms with Crippen LogP contribution in [-0.2, 0) is 5.75 Å². The Morgan fingerprint density at radius 3 is 2.91 bits per heavy atom. The number of hydrogen-bond donors (Lipinski definition) is 0. The summed E-state index contributed by atoms with van der Waals surface area (Å²) in [4.78, 5) is 4.56. The second-order valence-electron chi connectivity index (χ2n) is 5.87. The standard InChI is InChI=1S/C16H17ClN4OS/c17-12-6-7-14-18-13(9-21(14)8-12)10-23-16-20-19-15(22-16)11-4-2-1-3-5-11/h6-9,11H,1-5,10H2. The molecular weight excluding hydrogens is 332 g/mol. The molecule has 0 aromatic carbocycles. The van der Waals surface area contributed by atoms with Crippen molar-refractivity contribution in [3.05, 3.63) is 41.1 Å². The number of nitrogens with zero attached hydrogens (tertiary/aromatic N) is 4. The van der Waals surface area contributed by atoms with Crippen molar-refractivity contribution in [2.24, 2.45) is 0 Å². The molecule has 1 aliphatic carbocycles. The second kappa shape index (κ2) is 6.53. The Bertz CT molecular complexity index is 809. The van der Waals surface area contributed by atoms with Crippen molar-refractivity contribution < 1.29 is 4.42 Å². The first kappa shape index (κ1) is 15.0. The van der Waals surface area contributed by atoms with E-state index in [1.807, 2.05) is 28.9 Å². The van der Waals surface area contributed by atoms with Crippen LogP contribution in [0.1, 0.15) is 49.6 Å². The minimum Gasteiger partial charge on any atom is -0.416 e. The van der Waals surface area contributed by atoms with Crippen LogP contribution in [0, 0.1) is 0 Å². The first-order valence-electron chi connectivity index (χ1n) is 7.87. The third-order valence-electron chi connectivity index (χ3n) is 4.18. The summed E-state index contributed by atoms with van der Waals surface area (Å²) in [6.07, 6.45) is 10.0. The van der Waals surface area contributed by atoms with Gasteiger partial charge in [0, 0.05) is 24.1 Å². The summed E-state index contributed by atoms with van der Waals surface area (Å²) in [6.45, 7) is 0. The zero-order valence-corrected chi connectivity index (χ0v) is 14.2. The third-order valence-corrected chi connectivity index (χ3v) is 5.26. The molecule has 0 radical (unpaired) electrons. The smallest absolute Gasteiger partial charge is 0.276 e. The molecule has 0 atom stereocenters. The average molecular weight is 349 g/mol. The fraction of sp³-hybridized carbons (Fsp3) is 0.438. The van der Waals surface area contributed by atoms with Gasteiger partial charge in [-0.05, 0) is 25.0 Å². The van der Waals surface area contributed by atoms with Crippen LogP contribution in [0.25, 0.3) is 5.65 Å². The Morgan fingerprint density at radius 1 is 1.17 bits per heavy atom. The highest BCUT2D eigenvalue weighted by atomic mass is 35.5. The van der Waals surface area contributed by atoms with E-state index in [2.05, 4.69) is 15.2 Å². The Balaban J connectivity index is 1.42. The van der Waals surface area contributed by atoms with Gasteiger partial charge in [0.05, 0.1) is 10.7 Å². The molecule has 120 valence electrons. The van der Waals surface area contributed by atoms with E-state index >= 15 is 0 Å². The van der Waals surface area contributed by atoms with E-state index in [0.29, 0.717) is 21.9 Å². The summed E-state index contributed by atoms with van der Waals surface area (Å²) >= 11 is 7.52. The molecule has 5 nitrogen and oxygen atoms in total. The second-order valence-corrected chi connectivity index (χ2v) is 7.24. The van der Waals surface area contributed by atoms with Gasteiger partial charge in [-0.1, -0.05) is 42.6 Å². The van der Waals surface area contributed by atoms with Crippen molar-refractivity contribution in [2.45, 2.75) is 49.0 Å². The molecule has 0 unspecified atom stereocenters. The predicted octanol–water partition coefficient (Wildman–Crippen LogP) is 4.71. The van der Waals surface area contributed by atoms with Crippen LogP contribution in [0.15, 0.2) is 34.2 Å². The Hall–Kier alpha value is -1.53. The highest BCUT2D eigenvalue weighted by Crippen LogP contribution is 2.33. The van der Waals surface area contributed by atoms with Crippen LogP contribution in [0.5, 0.6) is 0 Å². The van der Waals surface area contributed by atoms with Crippen molar-refractivity contribution >= 4 is 29.0 Å². The third kappa shape index (κ3) is 3.38. The quantitative estimate of drug-likeness (QED) is 0.639. The van der Waals surface area contributed by atoms with E-state index in [-0.39, 0.29) is 0 Å². The monoisotopic (exact) mass is 348 g/mol. The molecule has 3 aromatic heterocycles. The lowest BCUT2D eigenvalue weighted by Gasteiger charge is -2.17. The van der Waals surface area contributed by atoms with E-state index in [9.17, 15) is 0 Å². The molecule has 7 heteroatoms. The Kier molecular flexibility index (Phi) is 4.27. The van der Waals surface area contributed by atoms with Gasteiger partial charge in [-0.25, -0.2) is 4.98 Å². The van der Waals surface area contributed by atoms with Gasteiger partial charge in [-0.15, -0.1) is 10.2 Å². The maximum atomic E-state index is 5.99. The van der Waals surface area contributed by atoms with Crippen molar-refractivity contribution in [3.63, 3.8) is 0 Å².